The molecule has 1 fully saturated rings. The summed E-state index contributed by atoms with van der Waals surface area (Å²) < 4.78 is 8.68. The molecule has 2 aromatic heterocycles. The smallest absolute Gasteiger partial charge is 0.170 e. The van der Waals surface area contributed by atoms with Gasteiger partial charge in [0.2, 0.25) is 0 Å². The van der Waals surface area contributed by atoms with E-state index in [0.717, 1.165) is 33.9 Å². The van der Waals surface area contributed by atoms with Crippen molar-refractivity contribution in [1.29, 1.82) is 0 Å². The molecule has 7 heteroatoms. The largest absolute Gasteiger partial charge is 0.385 e. The summed E-state index contributed by atoms with van der Waals surface area (Å²) in [5, 5.41) is 4.31. The highest BCUT2D eigenvalue weighted by atomic mass is 79.9. The first-order valence-corrected chi connectivity index (χ1v) is 11.6. The van der Waals surface area contributed by atoms with Gasteiger partial charge in [-0.25, -0.2) is 0 Å². The molecule has 2 atom stereocenters. The number of methoxy groups -OCH3 is 1. The van der Waals surface area contributed by atoms with E-state index in [2.05, 4.69) is 85.9 Å². The van der Waals surface area contributed by atoms with Gasteiger partial charge in [-0.15, -0.1) is 0 Å². The van der Waals surface area contributed by atoms with Crippen molar-refractivity contribution in [3.63, 3.8) is 0 Å². The van der Waals surface area contributed by atoms with Crippen molar-refractivity contribution in [2.24, 2.45) is 0 Å². The summed E-state index contributed by atoms with van der Waals surface area (Å²) in [6, 6.07) is 16.8. The van der Waals surface area contributed by atoms with Crippen LogP contribution in [0, 0.1) is 13.8 Å². The van der Waals surface area contributed by atoms with Gasteiger partial charge in [0.15, 0.2) is 5.11 Å². The minimum Gasteiger partial charge on any atom is -0.385 e. The highest BCUT2D eigenvalue weighted by Crippen LogP contribution is 2.41. The average Bonchev–Trinajstić information content (AvgIpc) is 3.25. The van der Waals surface area contributed by atoms with Crippen molar-refractivity contribution in [1.82, 2.24) is 19.8 Å². The predicted molar refractivity (Wildman–Crippen MR) is 132 cm³/mol. The molecule has 0 spiro atoms. The zero-order valence-electron chi connectivity index (χ0n) is 18.0. The van der Waals surface area contributed by atoms with E-state index in [1.807, 2.05) is 18.3 Å². The number of rotatable bonds is 7. The van der Waals surface area contributed by atoms with E-state index in [-0.39, 0.29) is 12.1 Å². The lowest BCUT2D eigenvalue weighted by Crippen LogP contribution is -2.31. The summed E-state index contributed by atoms with van der Waals surface area (Å²) in [4.78, 5) is 6.94. The van der Waals surface area contributed by atoms with Crippen LogP contribution in [-0.4, -0.2) is 39.8 Å². The number of ether oxygens (including phenoxy) is 1. The predicted octanol–water partition coefficient (Wildman–Crippen LogP) is 5.26. The van der Waals surface area contributed by atoms with Gasteiger partial charge in [0, 0.05) is 48.0 Å². The number of aryl methyl sites for hydroxylation is 1. The van der Waals surface area contributed by atoms with Crippen LogP contribution in [0.5, 0.6) is 0 Å². The number of hydrogen-bond acceptors (Lipinski definition) is 3. The lowest BCUT2D eigenvalue weighted by atomic mass is 9.96. The fourth-order valence-electron chi connectivity index (χ4n) is 4.44. The number of benzene rings is 1. The van der Waals surface area contributed by atoms with E-state index in [1.165, 1.54) is 17.0 Å². The topological polar surface area (TPSA) is 42.3 Å². The van der Waals surface area contributed by atoms with E-state index in [9.17, 15) is 0 Å². The first kappa shape index (κ1) is 22.0. The van der Waals surface area contributed by atoms with Crippen LogP contribution in [0.3, 0.4) is 0 Å². The molecule has 0 saturated carbocycles. The molecule has 0 bridgehead atoms. The lowest BCUT2D eigenvalue weighted by molar-refractivity contribution is 0.180. The van der Waals surface area contributed by atoms with Crippen molar-refractivity contribution in [3.05, 3.63) is 81.8 Å². The first-order chi connectivity index (χ1) is 15.0. The van der Waals surface area contributed by atoms with E-state index in [1.54, 1.807) is 7.11 Å². The molecule has 5 nitrogen and oxygen atoms in total. The summed E-state index contributed by atoms with van der Waals surface area (Å²) in [5.74, 6) is 0. The zero-order chi connectivity index (χ0) is 22.0. The Labute approximate surface area is 197 Å². The van der Waals surface area contributed by atoms with Crippen LogP contribution in [-0.2, 0) is 4.74 Å². The minimum absolute atomic E-state index is 0.00453. The molecule has 2 unspecified atom stereocenters. The van der Waals surface area contributed by atoms with Gasteiger partial charge >= 0.3 is 0 Å². The molecule has 3 heterocycles. The Morgan fingerprint density at radius 2 is 1.94 bits per heavy atom. The van der Waals surface area contributed by atoms with Gasteiger partial charge in [0.1, 0.15) is 0 Å². The van der Waals surface area contributed by atoms with Crippen LogP contribution in [0.1, 0.15) is 41.1 Å². The molecule has 31 heavy (non-hydrogen) atoms. The third-order valence-electron chi connectivity index (χ3n) is 5.82. The van der Waals surface area contributed by atoms with E-state index in [4.69, 9.17) is 17.0 Å². The van der Waals surface area contributed by atoms with E-state index < -0.39 is 0 Å². The maximum absolute atomic E-state index is 5.77. The number of hydrogen-bond donors (Lipinski definition) is 1. The number of thiocarbonyl (C=S) groups is 1. The lowest BCUT2D eigenvalue weighted by Gasteiger charge is -2.28. The van der Waals surface area contributed by atoms with Gasteiger partial charge in [-0.2, -0.15) is 0 Å². The van der Waals surface area contributed by atoms with Crippen molar-refractivity contribution < 1.29 is 4.74 Å². The number of nitrogens with zero attached hydrogens (tertiary/aromatic N) is 3. The summed E-state index contributed by atoms with van der Waals surface area (Å²) in [6.07, 6.45) is 2.75. The molecule has 1 aliphatic rings. The number of pyridine rings is 1. The Kier molecular flexibility index (Phi) is 6.74. The van der Waals surface area contributed by atoms with Gasteiger partial charge < -0.3 is 19.5 Å². The minimum atomic E-state index is -0.00453. The molecule has 3 aromatic rings. The summed E-state index contributed by atoms with van der Waals surface area (Å²) in [7, 11) is 1.74. The van der Waals surface area contributed by atoms with Gasteiger partial charge in [-0.3, -0.25) is 4.98 Å². The molecule has 1 aromatic carbocycles. The second kappa shape index (κ2) is 9.51. The molecule has 0 amide bonds. The van der Waals surface area contributed by atoms with Crippen LogP contribution in [0.15, 0.2) is 59.2 Å². The van der Waals surface area contributed by atoms with Gasteiger partial charge in [0.25, 0.3) is 0 Å². The number of halogens is 1. The number of aromatic nitrogens is 2. The molecule has 1 aliphatic heterocycles. The van der Waals surface area contributed by atoms with E-state index in [0.29, 0.717) is 6.61 Å². The molecular weight excluding hydrogens is 472 g/mol. The molecule has 1 saturated heterocycles. The fourth-order valence-corrected chi connectivity index (χ4v) is 5.03. The quantitative estimate of drug-likeness (QED) is 0.355. The monoisotopic (exact) mass is 498 g/mol. The Morgan fingerprint density at radius 1 is 1.16 bits per heavy atom. The zero-order valence-corrected chi connectivity index (χ0v) is 20.4. The van der Waals surface area contributed by atoms with E-state index >= 15 is 0 Å². The highest BCUT2D eigenvalue weighted by Gasteiger charge is 2.41. The van der Waals surface area contributed by atoms with Crippen LogP contribution < -0.4 is 5.32 Å². The normalized spacial score (nSPS) is 18.5. The first-order valence-electron chi connectivity index (χ1n) is 10.4. The van der Waals surface area contributed by atoms with Crippen LogP contribution in [0.4, 0.5) is 0 Å². The van der Waals surface area contributed by atoms with Crippen LogP contribution in [0.2, 0.25) is 0 Å². The SMILES string of the molecule is COCCCN1C(=S)NC(c2ccccn2)C1c1cc(C)n(-c2ccc(Br)cc2)c1C. The van der Waals surface area contributed by atoms with Gasteiger partial charge in [-0.1, -0.05) is 22.0 Å². The Bertz CT molecular complexity index is 1050. The second-order valence-corrected chi connectivity index (χ2v) is 9.11. The third-order valence-corrected chi connectivity index (χ3v) is 6.70. The van der Waals surface area contributed by atoms with Crippen molar-refractivity contribution >= 4 is 33.3 Å². The molecule has 4 rings (SSSR count). The summed E-state index contributed by atoms with van der Waals surface area (Å²) in [5.41, 5.74) is 5.83. The molecule has 0 radical (unpaired) electrons. The summed E-state index contributed by atoms with van der Waals surface area (Å²) in [6.45, 7) is 5.88. The maximum Gasteiger partial charge on any atom is 0.170 e. The van der Waals surface area contributed by atoms with Crippen LogP contribution in [0.25, 0.3) is 5.69 Å². The van der Waals surface area contributed by atoms with Crippen molar-refractivity contribution in [3.8, 4) is 5.69 Å². The average molecular weight is 499 g/mol. The fraction of sp³-hybridized carbons (Fsp3) is 0.333. The number of nitrogens with one attached hydrogen (secondary N) is 1. The van der Waals surface area contributed by atoms with Crippen molar-refractivity contribution in [2.75, 3.05) is 20.3 Å². The molecule has 162 valence electrons. The van der Waals surface area contributed by atoms with Gasteiger partial charge in [-0.05, 0) is 80.5 Å². The Hall–Kier alpha value is -2.22. The molecule has 0 aliphatic carbocycles. The third kappa shape index (κ3) is 4.40. The van der Waals surface area contributed by atoms with Crippen molar-refractivity contribution in [2.45, 2.75) is 32.4 Å². The standard InChI is InChI=1S/C24H27BrN4OS/c1-16-15-20(17(2)29(16)19-10-8-18(25)9-11-19)23-22(21-7-4-5-12-26-21)27-24(31)28(23)13-6-14-30-3/h4-5,7-12,15,22-23H,6,13-14H2,1-3H3,(H,27,31). The maximum atomic E-state index is 5.77. The molecular formula is C24H27BrN4OS. The highest BCUT2D eigenvalue weighted by molar-refractivity contribution is 9.10. The second-order valence-electron chi connectivity index (χ2n) is 7.80. The van der Waals surface area contributed by atoms with Crippen LogP contribution >= 0.6 is 28.1 Å². The Morgan fingerprint density at radius 3 is 2.61 bits per heavy atom. The Balaban J connectivity index is 1.78. The van der Waals surface area contributed by atoms with Gasteiger partial charge in [0.05, 0.1) is 17.8 Å². The summed E-state index contributed by atoms with van der Waals surface area (Å²) >= 11 is 9.31. The molecule has 1 N–H and O–H groups in total.